The Morgan fingerprint density at radius 2 is 1.88 bits per heavy atom. The number of fused-ring (bicyclic) bond motifs is 1. The van der Waals surface area contributed by atoms with Gasteiger partial charge in [-0.1, -0.05) is 38.1 Å². The maximum absolute atomic E-state index is 12.7. The molecule has 1 aliphatic rings. The lowest BCUT2D eigenvalue weighted by atomic mass is 10.0. The molecule has 168 valence electrons. The van der Waals surface area contributed by atoms with E-state index >= 15 is 0 Å². The van der Waals surface area contributed by atoms with Crippen LogP contribution >= 0.6 is 0 Å². The molecule has 32 heavy (non-hydrogen) atoms. The number of H-pyrrole nitrogens is 1. The Bertz CT molecular complexity index is 1160. The van der Waals surface area contributed by atoms with Gasteiger partial charge < -0.3 is 14.6 Å². The van der Waals surface area contributed by atoms with Crippen LogP contribution in [0.4, 0.5) is 0 Å². The Morgan fingerprint density at radius 3 is 2.62 bits per heavy atom. The number of nitrogens with one attached hydrogen (secondary N) is 1. The first-order chi connectivity index (χ1) is 15.4. The Kier molecular flexibility index (Phi) is 6.55. The average Bonchev–Trinajstić information content (AvgIpc) is 2.78. The number of ether oxygens (including phenoxy) is 1. The molecule has 1 fully saturated rings. The predicted octanol–water partition coefficient (Wildman–Crippen LogP) is 3.08. The SMILES string of the molecule is Cc1ccc(C(C)C)cc1OCC(=O)N1CCN(Cc2nc3ccccc3c(=O)[nH]2)CC1. The number of para-hydroxylation sites is 1. The summed E-state index contributed by atoms with van der Waals surface area (Å²) in [7, 11) is 0. The molecule has 1 saturated heterocycles. The molecule has 0 radical (unpaired) electrons. The molecule has 1 aromatic heterocycles. The van der Waals surface area contributed by atoms with Crippen LogP contribution in [0, 0.1) is 6.92 Å². The number of nitrogens with zero attached hydrogens (tertiary/aromatic N) is 3. The second-order valence-corrected chi connectivity index (χ2v) is 8.66. The molecule has 2 aromatic carbocycles. The highest BCUT2D eigenvalue weighted by Crippen LogP contribution is 2.24. The molecule has 7 heteroatoms. The van der Waals surface area contributed by atoms with Crippen LogP contribution in [0.1, 0.15) is 36.7 Å². The van der Waals surface area contributed by atoms with E-state index in [4.69, 9.17) is 4.74 Å². The Morgan fingerprint density at radius 1 is 1.12 bits per heavy atom. The lowest BCUT2D eigenvalue weighted by molar-refractivity contribution is -0.135. The van der Waals surface area contributed by atoms with Crippen LogP contribution in [0.15, 0.2) is 47.3 Å². The second-order valence-electron chi connectivity index (χ2n) is 8.66. The average molecular weight is 435 g/mol. The molecule has 0 aliphatic carbocycles. The summed E-state index contributed by atoms with van der Waals surface area (Å²) in [5.41, 5.74) is 2.82. The minimum atomic E-state index is -0.117. The van der Waals surface area contributed by atoms with Gasteiger partial charge >= 0.3 is 0 Å². The molecule has 0 atom stereocenters. The van der Waals surface area contributed by atoms with Crippen molar-refractivity contribution in [3.63, 3.8) is 0 Å². The van der Waals surface area contributed by atoms with E-state index in [0.717, 1.165) is 24.4 Å². The fourth-order valence-corrected chi connectivity index (χ4v) is 3.94. The normalized spacial score (nSPS) is 14.8. The molecule has 1 N–H and O–H groups in total. The summed E-state index contributed by atoms with van der Waals surface area (Å²) in [6.07, 6.45) is 0. The van der Waals surface area contributed by atoms with Crippen molar-refractivity contribution in [2.75, 3.05) is 32.8 Å². The summed E-state index contributed by atoms with van der Waals surface area (Å²) in [6.45, 7) is 9.59. The topological polar surface area (TPSA) is 78.5 Å². The number of aromatic amines is 1. The maximum Gasteiger partial charge on any atom is 0.260 e. The van der Waals surface area contributed by atoms with Gasteiger partial charge in [0.05, 0.1) is 17.4 Å². The zero-order valence-corrected chi connectivity index (χ0v) is 18.9. The summed E-state index contributed by atoms with van der Waals surface area (Å²) in [5.74, 6) is 1.83. The number of carbonyl (C=O) groups excluding carboxylic acids is 1. The molecule has 0 saturated carbocycles. The fraction of sp³-hybridized carbons (Fsp3) is 0.400. The zero-order chi connectivity index (χ0) is 22.7. The summed E-state index contributed by atoms with van der Waals surface area (Å²) < 4.78 is 5.86. The predicted molar refractivity (Wildman–Crippen MR) is 125 cm³/mol. The van der Waals surface area contributed by atoms with Gasteiger partial charge in [-0.05, 0) is 42.2 Å². The summed E-state index contributed by atoms with van der Waals surface area (Å²) in [4.78, 5) is 36.5. The molecule has 4 rings (SSSR count). The third-order valence-corrected chi connectivity index (χ3v) is 5.99. The van der Waals surface area contributed by atoms with E-state index in [1.165, 1.54) is 5.56 Å². The highest BCUT2D eigenvalue weighted by atomic mass is 16.5. The van der Waals surface area contributed by atoms with Crippen LogP contribution in [0.3, 0.4) is 0 Å². The van der Waals surface area contributed by atoms with E-state index in [0.29, 0.717) is 42.3 Å². The number of benzene rings is 2. The van der Waals surface area contributed by atoms with Crippen LogP contribution < -0.4 is 10.3 Å². The maximum atomic E-state index is 12.7. The minimum absolute atomic E-state index is 0.00348. The molecular formula is C25H30N4O3. The van der Waals surface area contributed by atoms with E-state index in [1.807, 2.05) is 42.2 Å². The summed E-state index contributed by atoms with van der Waals surface area (Å²) in [6, 6.07) is 13.5. The molecule has 3 aromatic rings. The van der Waals surface area contributed by atoms with Crippen molar-refractivity contribution < 1.29 is 9.53 Å². The number of carbonyl (C=O) groups is 1. The highest BCUT2D eigenvalue weighted by Gasteiger charge is 2.22. The first kappa shape index (κ1) is 22.0. The van der Waals surface area contributed by atoms with Crippen LogP contribution in [0.25, 0.3) is 10.9 Å². The molecule has 1 amide bonds. The lowest BCUT2D eigenvalue weighted by Gasteiger charge is -2.34. The molecule has 0 unspecified atom stereocenters. The van der Waals surface area contributed by atoms with Crippen molar-refractivity contribution in [2.24, 2.45) is 0 Å². The molecule has 0 bridgehead atoms. The minimum Gasteiger partial charge on any atom is -0.483 e. The van der Waals surface area contributed by atoms with Gasteiger partial charge in [0.25, 0.3) is 11.5 Å². The number of hydrogen-bond acceptors (Lipinski definition) is 5. The monoisotopic (exact) mass is 434 g/mol. The Balaban J connectivity index is 1.31. The van der Waals surface area contributed by atoms with Crippen LogP contribution in [-0.2, 0) is 11.3 Å². The Hall–Kier alpha value is -3.19. The summed E-state index contributed by atoms with van der Waals surface area (Å²) >= 11 is 0. The molecule has 7 nitrogen and oxygen atoms in total. The second kappa shape index (κ2) is 9.53. The molecular weight excluding hydrogens is 404 g/mol. The highest BCUT2D eigenvalue weighted by molar-refractivity contribution is 5.78. The standard InChI is InChI=1S/C25H30N4O3/c1-17(2)19-9-8-18(3)22(14-19)32-16-24(30)29-12-10-28(11-13-29)15-23-26-21-7-5-4-6-20(21)25(31)27-23/h4-9,14,17H,10-13,15-16H2,1-3H3,(H,26,27,31). The van der Waals surface area contributed by atoms with E-state index in [2.05, 4.69) is 34.8 Å². The largest absolute Gasteiger partial charge is 0.483 e. The zero-order valence-electron chi connectivity index (χ0n) is 18.9. The van der Waals surface area contributed by atoms with Crippen LogP contribution in [0.5, 0.6) is 5.75 Å². The number of rotatable bonds is 6. The lowest BCUT2D eigenvalue weighted by Crippen LogP contribution is -2.49. The van der Waals surface area contributed by atoms with Gasteiger partial charge in [0.1, 0.15) is 11.6 Å². The number of amides is 1. The van der Waals surface area contributed by atoms with Gasteiger partial charge in [0.15, 0.2) is 6.61 Å². The van der Waals surface area contributed by atoms with Gasteiger partial charge in [0.2, 0.25) is 0 Å². The molecule has 0 spiro atoms. The molecule has 1 aliphatic heterocycles. The van der Waals surface area contributed by atoms with E-state index in [9.17, 15) is 9.59 Å². The molecule has 2 heterocycles. The van der Waals surface area contributed by atoms with Gasteiger partial charge in [-0.15, -0.1) is 0 Å². The first-order valence-electron chi connectivity index (χ1n) is 11.1. The van der Waals surface area contributed by atoms with Crippen LogP contribution in [-0.4, -0.2) is 58.5 Å². The Labute approximate surface area is 188 Å². The van der Waals surface area contributed by atoms with Crippen molar-refractivity contribution in [3.05, 3.63) is 69.8 Å². The van der Waals surface area contributed by atoms with E-state index in [-0.39, 0.29) is 18.1 Å². The summed E-state index contributed by atoms with van der Waals surface area (Å²) in [5, 5.41) is 0.598. The van der Waals surface area contributed by atoms with Crippen molar-refractivity contribution in [1.82, 2.24) is 19.8 Å². The van der Waals surface area contributed by atoms with Gasteiger partial charge in [0, 0.05) is 26.2 Å². The number of aryl methyl sites for hydroxylation is 1. The first-order valence-corrected chi connectivity index (χ1v) is 11.1. The smallest absolute Gasteiger partial charge is 0.260 e. The number of aromatic nitrogens is 2. The quantitative estimate of drug-likeness (QED) is 0.645. The number of hydrogen-bond donors (Lipinski definition) is 1. The fourth-order valence-electron chi connectivity index (χ4n) is 3.94. The number of piperazine rings is 1. The van der Waals surface area contributed by atoms with Crippen molar-refractivity contribution in [2.45, 2.75) is 33.2 Å². The van der Waals surface area contributed by atoms with Gasteiger partial charge in [-0.25, -0.2) is 4.98 Å². The van der Waals surface area contributed by atoms with Crippen molar-refractivity contribution in [1.29, 1.82) is 0 Å². The van der Waals surface area contributed by atoms with Crippen molar-refractivity contribution >= 4 is 16.8 Å². The van der Waals surface area contributed by atoms with Gasteiger partial charge in [-0.3, -0.25) is 14.5 Å². The van der Waals surface area contributed by atoms with E-state index < -0.39 is 0 Å². The van der Waals surface area contributed by atoms with Crippen molar-refractivity contribution in [3.8, 4) is 5.75 Å². The third-order valence-electron chi connectivity index (χ3n) is 5.99. The third kappa shape index (κ3) is 4.99. The van der Waals surface area contributed by atoms with E-state index in [1.54, 1.807) is 6.07 Å². The van der Waals surface area contributed by atoms with Gasteiger partial charge in [-0.2, -0.15) is 0 Å². The van der Waals surface area contributed by atoms with Crippen LogP contribution in [0.2, 0.25) is 0 Å².